The Balaban J connectivity index is 2.03. The minimum Gasteiger partial charge on any atom is -0.479 e. The van der Waals surface area contributed by atoms with Gasteiger partial charge < -0.3 is 14.8 Å². The molecular formula is C19H20ClNO4. The molecule has 2 aromatic carbocycles. The summed E-state index contributed by atoms with van der Waals surface area (Å²) in [5, 5.41) is 3.42. The molecule has 1 amide bonds. The monoisotopic (exact) mass is 361 g/mol. The average molecular weight is 362 g/mol. The molecule has 0 aliphatic heterocycles. The van der Waals surface area contributed by atoms with E-state index in [0.717, 1.165) is 5.56 Å². The van der Waals surface area contributed by atoms with Crippen LogP contribution >= 0.6 is 11.6 Å². The Bertz CT molecular complexity index is 759. The average Bonchev–Trinajstić information content (AvgIpc) is 2.59. The summed E-state index contributed by atoms with van der Waals surface area (Å²) < 4.78 is 10.4. The van der Waals surface area contributed by atoms with Gasteiger partial charge in [0.25, 0.3) is 5.91 Å². The van der Waals surface area contributed by atoms with Crippen LogP contribution in [0.5, 0.6) is 5.75 Å². The lowest BCUT2D eigenvalue weighted by molar-refractivity contribution is -0.150. The number of hydrogen-bond acceptors (Lipinski definition) is 4. The van der Waals surface area contributed by atoms with E-state index < -0.39 is 12.1 Å². The highest BCUT2D eigenvalue weighted by Gasteiger charge is 2.16. The van der Waals surface area contributed by atoms with Crippen LogP contribution in [0.15, 0.2) is 42.5 Å². The second-order valence-electron chi connectivity index (χ2n) is 5.40. The quantitative estimate of drug-likeness (QED) is 0.782. The molecule has 1 N–H and O–H groups in total. The van der Waals surface area contributed by atoms with E-state index in [-0.39, 0.29) is 5.91 Å². The smallest absolute Gasteiger partial charge is 0.347 e. The lowest BCUT2D eigenvalue weighted by Gasteiger charge is -2.14. The molecule has 2 aromatic rings. The van der Waals surface area contributed by atoms with E-state index in [1.165, 1.54) is 0 Å². The highest BCUT2D eigenvalue weighted by molar-refractivity contribution is 6.31. The molecule has 25 heavy (non-hydrogen) atoms. The van der Waals surface area contributed by atoms with E-state index in [0.29, 0.717) is 28.6 Å². The summed E-state index contributed by atoms with van der Waals surface area (Å²) in [6.07, 6.45) is -0.714. The highest BCUT2D eigenvalue weighted by Crippen LogP contribution is 2.23. The summed E-state index contributed by atoms with van der Waals surface area (Å²) in [7, 11) is 0. The summed E-state index contributed by atoms with van der Waals surface area (Å²) in [6.45, 7) is 5.49. The van der Waals surface area contributed by atoms with Crippen LogP contribution in [0.1, 0.15) is 29.8 Å². The number of halogens is 1. The van der Waals surface area contributed by atoms with Crippen molar-refractivity contribution >= 4 is 29.2 Å². The van der Waals surface area contributed by atoms with Gasteiger partial charge in [-0.05, 0) is 62.7 Å². The Morgan fingerprint density at radius 1 is 1.16 bits per heavy atom. The molecule has 5 nitrogen and oxygen atoms in total. The van der Waals surface area contributed by atoms with Gasteiger partial charge in [-0.1, -0.05) is 17.7 Å². The maximum atomic E-state index is 12.3. The van der Waals surface area contributed by atoms with E-state index in [1.807, 2.05) is 6.92 Å². The summed E-state index contributed by atoms with van der Waals surface area (Å²) in [5.41, 5.74) is 1.94. The van der Waals surface area contributed by atoms with E-state index in [4.69, 9.17) is 21.1 Å². The van der Waals surface area contributed by atoms with Crippen molar-refractivity contribution in [3.05, 3.63) is 58.6 Å². The van der Waals surface area contributed by atoms with Gasteiger partial charge in [-0.25, -0.2) is 4.79 Å². The number of carbonyl (C=O) groups excluding carboxylic acids is 2. The first-order valence-electron chi connectivity index (χ1n) is 7.92. The van der Waals surface area contributed by atoms with Gasteiger partial charge in [-0.15, -0.1) is 0 Å². The van der Waals surface area contributed by atoms with Crippen LogP contribution in [-0.2, 0) is 9.53 Å². The molecule has 0 aliphatic rings. The van der Waals surface area contributed by atoms with Crippen molar-refractivity contribution in [2.45, 2.75) is 26.9 Å². The van der Waals surface area contributed by atoms with Crippen LogP contribution < -0.4 is 10.1 Å². The summed E-state index contributed by atoms with van der Waals surface area (Å²) in [5.74, 6) is -0.202. The van der Waals surface area contributed by atoms with Gasteiger partial charge in [0.05, 0.1) is 6.61 Å². The molecule has 0 unspecified atom stereocenters. The topological polar surface area (TPSA) is 64.6 Å². The number of ether oxygens (including phenoxy) is 2. The molecule has 132 valence electrons. The Labute approximate surface area is 151 Å². The van der Waals surface area contributed by atoms with Gasteiger partial charge in [-0.2, -0.15) is 0 Å². The van der Waals surface area contributed by atoms with Gasteiger partial charge in [0.15, 0.2) is 6.10 Å². The normalized spacial score (nSPS) is 11.5. The Morgan fingerprint density at radius 2 is 1.84 bits per heavy atom. The predicted octanol–water partition coefficient (Wildman–Crippen LogP) is 4.23. The Morgan fingerprint density at radius 3 is 2.48 bits per heavy atom. The van der Waals surface area contributed by atoms with Crippen molar-refractivity contribution in [2.75, 3.05) is 11.9 Å². The zero-order valence-electron chi connectivity index (χ0n) is 14.3. The highest BCUT2D eigenvalue weighted by atomic mass is 35.5. The standard InChI is InChI=1S/C19H20ClNO4/c1-4-24-19(23)13(3)25-15-10-8-14(9-11-15)18(22)21-17-7-5-6-16(20)12(17)2/h5-11,13H,4H2,1-3H3,(H,21,22)/t13-/m0/s1. The number of nitrogens with one attached hydrogen (secondary N) is 1. The van der Waals surface area contributed by atoms with E-state index in [1.54, 1.807) is 56.3 Å². The molecular weight excluding hydrogens is 342 g/mol. The number of anilines is 1. The van der Waals surface area contributed by atoms with Gasteiger partial charge >= 0.3 is 5.97 Å². The van der Waals surface area contributed by atoms with Crippen molar-refractivity contribution in [2.24, 2.45) is 0 Å². The van der Waals surface area contributed by atoms with Crippen molar-refractivity contribution in [3.8, 4) is 5.75 Å². The molecule has 2 rings (SSSR count). The fourth-order valence-corrected chi connectivity index (χ4v) is 2.31. The van der Waals surface area contributed by atoms with Crippen LogP contribution in [0.4, 0.5) is 5.69 Å². The number of rotatable bonds is 6. The predicted molar refractivity (Wildman–Crippen MR) is 97.3 cm³/mol. The van der Waals surface area contributed by atoms with Crippen LogP contribution in [0, 0.1) is 6.92 Å². The number of hydrogen-bond donors (Lipinski definition) is 1. The summed E-state index contributed by atoms with van der Waals surface area (Å²) in [4.78, 5) is 23.9. The maximum absolute atomic E-state index is 12.3. The number of esters is 1. The largest absolute Gasteiger partial charge is 0.479 e. The van der Waals surface area contributed by atoms with E-state index in [2.05, 4.69) is 5.32 Å². The fourth-order valence-electron chi connectivity index (χ4n) is 2.13. The van der Waals surface area contributed by atoms with Gasteiger partial charge in [0, 0.05) is 16.3 Å². The summed E-state index contributed by atoms with van der Waals surface area (Å²) in [6, 6.07) is 11.9. The van der Waals surface area contributed by atoms with Crippen molar-refractivity contribution in [1.29, 1.82) is 0 Å². The molecule has 0 radical (unpaired) electrons. The van der Waals surface area contributed by atoms with E-state index >= 15 is 0 Å². The number of benzene rings is 2. The molecule has 0 spiro atoms. The minimum absolute atomic E-state index is 0.254. The minimum atomic E-state index is -0.714. The third-order valence-corrected chi connectivity index (χ3v) is 3.97. The van der Waals surface area contributed by atoms with E-state index in [9.17, 15) is 9.59 Å². The maximum Gasteiger partial charge on any atom is 0.347 e. The van der Waals surface area contributed by atoms with Gasteiger partial charge in [0.2, 0.25) is 0 Å². The van der Waals surface area contributed by atoms with Crippen LogP contribution in [-0.4, -0.2) is 24.6 Å². The second kappa shape index (κ2) is 8.53. The van der Waals surface area contributed by atoms with Gasteiger partial charge in [-0.3, -0.25) is 4.79 Å². The first kappa shape index (κ1) is 18.8. The lowest BCUT2D eigenvalue weighted by atomic mass is 10.1. The molecule has 1 atom stereocenters. The molecule has 0 fully saturated rings. The number of carbonyl (C=O) groups is 2. The zero-order chi connectivity index (χ0) is 18.4. The summed E-state index contributed by atoms with van der Waals surface area (Å²) >= 11 is 6.05. The molecule has 0 bridgehead atoms. The molecule has 0 heterocycles. The molecule has 6 heteroatoms. The van der Waals surface area contributed by atoms with Gasteiger partial charge in [0.1, 0.15) is 5.75 Å². The van der Waals surface area contributed by atoms with Crippen molar-refractivity contribution in [3.63, 3.8) is 0 Å². The lowest BCUT2D eigenvalue weighted by Crippen LogP contribution is -2.26. The fraction of sp³-hybridized carbons (Fsp3) is 0.263. The zero-order valence-corrected chi connectivity index (χ0v) is 15.1. The molecule has 0 aliphatic carbocycles. The van der Waals surface area contributed by atoms with Crippen molar-refractivity contribution < 1.29 is 19.1 Å². The third kappa shape index (κ3) is 4.97. The molecule has 0 aromatic heterocycles. The third-order valence-electron chi connectivity index (χ3n) is 3.56. The molecule has 0 saturated heterocycles. The Hall–Kier alpha value is -2.53. The van der Waals surface area contributed by atoms with Crippen LogP contribution in [0.3, 0.4) is 0 Å². The van der Waals surface area contributed by atoms with Crippen LogP contribution in [0.2, 0.25) is 5.02 Å². The SMILES string of the molecule is CCOC(=O)[C@H](C)Oc1ccc(C(=O)Nc2cccc(Cl)c2C)cc1. The second-order valence-corrected chi connectivity index (χ2v) is 5.81. The van der Waals surface area contributed by atoms with Crippen molar-refractivity contribution in [1.82, 2.24) is 0 Å². The Kier molecular flexibility index (Phi) is 6.42. The first-order chi connectivity index (χ1) is 11.9. The molecule has 0 saturated carbocycles. The number of amides is 1. The van der Waals surface area contributed by atoms with Crippen LogP contribution in [0.25, 0.3) is 0 Å². The first-order valence-corrected chi connectivity index (χ1v) is 8.30.